The molecule has 0 fully saturated rings. The van der Waals surface area contributed by atoms with Gasteiger partial charge in [0, 0.05) is 32.2 Å². The maximum Gasteiger partial charge on any atom is 0.407 e. The van der Waals surface area contributed by atoms with Gasteiger partial charge in [0.05, 0.1) is 6.61 Å². The zero-order valence-corrected chi connectivity index (χ0v) is 14.4. The first kappa shape index (κ1) is 20.7. The molecular weight excluding hydrogens is 286 g/mol. The molecule has 0 aliphatic heterocycles. The molecule has 22 heavy (non-hydrogen) atoms. The predicted molar refractivity (Wildman–Crippen MR) is 85.5 cm³/mol. The van der Waals surface area contributed by atoms with Crippen molar-refractivity contribution in [3.8, 4) is 0 Å². The van der Waals surface area contributed by atoms with Crippen LogP contribution < -0.4 is 16.4 Å². The molecule has 0 spiro atoms. The molecule has 7 heteroatoms. The zero-order valence-electron chi connectivity index (χ0n) is 14.4. The largest absolute Gasteiger partial charge is 0.444 e. The summed E-state index contributed by atoms with van der Waals surface area (Å²) in [4.78, 5) is 22.4. The zero-order chi connectivity index (χ0) is 17.2. The number of nitrogens with two attached hydrogens (primary N) is 1. The lowest BCUT2D eigenvalue weighted by Crippen LogP contribution is -2.42. The fourth-order valence-corrected chi connectivity index (χ4v) is 2.03. The second-order valence-electron chi connectivity index (χ2n) is 6.46. The first-order valence-electron chi connectivity index (χ1n) is 7.64. The third-order valence-corrected chi connectivity index (χ3v) is 2.79. The monoisotopic (exact) mass is 317 g/mol. The first-order chi connectivity index (χ1) is 10.1. The number of hydrogen-bond donors (Lipinski definition) is 3. The van der Waals surface area contributed by atoms with E-state index in [9.17, 15) is 9.59 Å². The van der Waals surface area contributed by atoms with Crippen LogP contribution in [0.3, 0.4) is 0 Å². The average molecular weight is 317 g/mol. The Morgan fingerprint density at radius 2 is 1.91 bits per heavy atom. The maximum absolute atomic E-state index is 11.5. The number of carbonyl (C=O) groups is 2. The van der Waals surface area contributed by atoms with E-state index in [-0.39, 0.29) is 24.4 Å². The number of carbonyl (C=O) groups excluding carboxylic acids is 2. The molecule has 0 aliphatic rings. The molecule has 0 bridgehead atoms. The van der Waals surface area contributed by atoms with Crippen LogP contribution in [0.5, 0.6) is 0 Å². The molecule has 0 heterocycles. The van der Waals surface area contributed by atoms with Gasteiger partial charge in [-0.15, -0.1) is 0 Å². The van der Waals surface area contributed by atoms with Crippen molar-refractivity contribution in [3.05, 3.63) is 0 Å². The molecule has 0 aromatic rings. The molecule has 0 aliphatic carbocycles. The van der Waals surface area contributed by atoms with E-state index in [2.05, 4.69) is 10.6 Å². The van der Waals surface area contributed by atoms with Gasteiger partial charge < -0.3 is 25.8 Å². The van der Waals surface area contributed by atoms with Crippen molar-refractivity contribution in [1.29, 1.82) is 0 Å². The lowest BCUT2D eigenvalue weighted by Gasteiger charge is -2.23. The minimum Gasteiger partial charge on any atom is -0.444 e. The van der Waals surface area contributed by atoms with Crippen LogP contribution in [0.4, 0.5) is 4.79 Å². The predicted octanol–water partition coefficient (Wildman–Crippen LogP) is 1.16. The molecule has 0 rings (SSSR count). The van der Waals surface area contributed by atoms with Crippen LogP contribution in [0.25, 0.3) is 0 Å². The number of primary amides is 1. The summed E-state index contributed by atoms with van der Waals surface area (Å²) in [7, 11) is 1.63. The van der Waals surface area contributed by atoms with Gasteiger partial charge >= 0.3 is 6.09 Å². The SMILES string of the molecule is COCC(CCCNC(=O)OC(C)(C)C)NC(C)CC(N)=O. The molecule has 0 aromatic carbocycles. The van der Waals surface area contributed by atoms with Crippen molar-refractivity contribution in [2.75, 3.05) is 20.3 Å². The van der Waals surface area contributed by atoms with Gasteiger partial charge in [-0.25, -0.2) is 4.79 Å². The average Bonchev–Trinajstić information content (AvgIpc) is 2.31. The number of amides is 2. The molecule has 2 atom stereocenters. The highest BCUT2D eigenvalue weighted by atomic mass is 16.6. The summed E-state index contributed by atoms with van der Waals surface area (Å²) in [5.74, 6) is -0.331. The van der Waals surface area contributed by atoms with E-state index in [1.807, 2.05) is 27.7 Å². The van der Waals surface area contributed by atoms with Crippen LogP contribution in [-0.2, 0) is 14.3 Å². The highest BCUT2D eigenvalue weighted by molar-refractivity contribution is 5.74. The Morgan fingerprint density at radius 1 is 1.27 bits per heavy atom. The maximum atomic E-state index is 11.5. The van der Waals surface area contributed by atoms with Gasteiger partial charge in [-0.05, 0) is 40.5 Å². The highest BCUT2D eigenvalue weighted by Gasteiger charge is 2.16. The molecule has 0 radical (unpaired) electrons. The molecule has 2 amide bonds. The van der Waals surface area contributed by atoms with Gasteiger partial charge in [-0.1, -0.05) is 0 Å². The van der Waals surface area contributed by atoms with E-state index >= 15 is 0 Å². The van der Waals surface area contributed by atoms with Crippen molar-refractivity contribution < 1.29 is 19.1 Å². The van der Waals surface area contributed by atoms with E-state index in [1.165, 1.54) is 0 Å². The normalized spacial score (nSPS) is 14.2. The van der Waals surface area contributed by atoms with Crippen molar-refractivity contribution in [2.24, 2.45) is 5.73 Å². The Kier molecular flexibility index (Phi) is 9.76. The molecule has 0 aromatic heterocycles. The second-order valence-corrected chi connectivity index (χ2v) is 6.46. The van der Waals surface area contributed by atoms with Gasteiger partial charge in [-0.2, -0.15) is 0 Å². The van der Waals surface area contributed by atoms with Gasteiger partial charge in [0.15, 0.2) is 0 Å². The van der Waals surface area contributed by atoms with Crippen LogP contribution in [0, 0.1) is 0 Å². The molecule has 0 saturated heterocycles. The van der Waals surface area contributed by atoms with Gasteiger partial charge in [0.25, 0.3) is 0 Å². The van der Waals surface area contributed by atoms with Crippen molar-refractivity contribution in [2.45, 2.75) is 64.6 Å². The Bertz CT molecular complexity index is 342. The lowest BCUT2D eigenvalue weighted by molar-refractivity contribution is -0.118. The summed E-state index contributed by atoms with van der Waals surface area (Å²) in [5, 5.41) is 6.02. The molecule has 130 valence electrons. The number of rotatable bonds is 10. The topological polar surface area (TPSA) is 103 Å². The molecular formula is C15H31N3O4. The van der Waals surface area contributed by atoms with Crippen LogP contribution in [-0.4, -0.2) is 49.9 Å². The summed E-state index contributed by atoms with van der Waals surface area (Å²) in [6, 6.07) is 0.108. The van der Waals surface area contributed by atoms with Gasteiger partial charge in [0.2, 0.25) is 5.91 Å². The number of ether oxygens (including phenoxy) is 2. The van der Waals surface area contributed by atoms with E-state index in [0.29, 0.717) is 13.2 Å². The summed E-state index contributed by atoms with van der Waals surface area (Å²) in [5.41, 5.74) is 4.69. The fraction of sp³-hybridized carbons (Fsp3) is 0.867. The molecule has 7 nitrogen and oxygen atoms in total. The number of hydrogen-bond acceptors (Lipinski definition) is 5. The van der Waals surface area contributed by atoms with Crippen LogP contribution >= 0.6 is 0 Å². The van der Waals surface area contributed by atoms with Crippen LogP contribution in [0.15, 0.2) is 0 Å². The number of methoxy groups -OCH3 is 1. The van der Waals surface area contributed by atoms with E-state index in [4.69, 9.17) is 15.2 Å². The second kappa shape index (κ2) is 10.4. The van der Waals surface area contributed by atoms with E-state index < -0.39 is 11.7 Å². The van der Waals surface area contributed by atoms with Crippen molar-refractivity contribution >= 4 is 12.0 Å². The number of alkyl carbamates (subject to hydrolysis) is 1. The Hall–Kier alpha value is -1.34. The summed E-state index contributed by atoms with van der Waals surface area (Å²) in [6.07, 6.45) is 1.47. The van der Waals surface area contributed by atoms with Gasteiger partial charge in [0.1, 0.15) is 5.60 Å². The number of nitrogens with one attached hydrogen (secondary N) is 2. The third-order valence-electron chi connectivity index (χ3n) is 2.79. The summed E-state index contributed by atoms with van der Waals surface area (Å²) in [6.45, 7) is 8.45. The van der Waals surface area contributed by atoms with E-state index in [0.717, 1.165) is 12.8 Å². The van der Waals surface area contributed by atoms with Gasteiger partial charge in [-0.3, -0.25) is 4.79 Å². The molecule has 4 N–H and O–H groups in total. The van der Waals surface area contributed by atoms with Crippen LogP contribution in [0.2, 0.25) is 0 Å². The Labute approximate surface area is 133 Å². The quantitative estimate of drug-likeness (QED) is 0.525. The molecule has 2 unspecified atom stereocenters. The standard InChI is InChI=1S/C15H31N3O4/c1-11(9-13(16)19)18-12(10-21-5)7-6-8-17-14(20)22-15(2,3)4/h11-12,18H,6-10H2,1-5H3,(H2,16,19)(H,17,20). The highest BCUT2D eigenvalue weighted by Crippen LogP contribution is 2.06. The van der Waals surface area contributed by atoms with Crippen LogP contribution in [0.1, 0.15) is 47.0 Å². The third kappa shape index (κ3) is 12.4. The fourth-order valence-electron chi connectivity index (χ4n) is 2.03. The lowest BCUT2D eigenvalue weighted by atomic mass is 10.1. The van der Waals surface area contributed by atoms with Crippen molar-refractivity contribution in [1.82, 2.24) is 10.6 Å². The van der Waals surface area contributed by atoms with Crippen molar-refractivity contribution in [3.63, 3.8) is 0 Å². The van der Waals surface area contributed by atoms with E-state index in [1.54, 1.807) is 7.11 Å². The summed E-state index contributed by atoms with van der Waals surface area (Å²) < 4.78 is 10.3. The summed E-state index contributed by atoms with van der Waals surface area (Å²) >= 11 is 0. The first-order valence-corrected chi connectivity index (χ1v) is 7.64. The Morgan fingerprint density at radius 3 is 2.41 bits per heavy atom. The minimum absolute atomic E-state index is 0.00327. The smallest absolute Gasteiger partial charge is 0.407 e. The minimum atomic E-state index is -0.492. The Balaban J connectivity index is 4.00. The molecule has 0 saturated carbocycles.